The number of hydrogen-bond donors (Lipinski definition) is 0. The molecule has 0 unspecified atom stereocenters. The predicted octanol–water partition coefficient (Wildman–Crippen LogP) is 12.9. The highest BCUT2D eigenvalue weighted by atomic mass is 32.2. The molecule has 0 nitrogen and oxygen atoms in total. The molecule has 8 rings (SSSR count). The molecule has 0 N–H and O–H groups in total. The van der Waals surface area contributed by atoms with Crippen LogP contribution in [0.5, 0.6) is 0 Å². The van der Waals surface area contributed by atoms with E-state index in [4.69, 9.17) is 0 Å². The number of thiophene rings is 1. The standard InChI is InChI=1S/C46H36S2/c1-2-3-4-5-6-7-8-9-25-40-35(31-34-20-18-24-39-38-23-13-17-29-44(38)48-45(34)39)30-33-19-10-16-28-43(33)47-32-46(40)41-26-14-11-21-36(41)37-22-12-15-27-42(37)46/h2-29,31H,30,32H2,1H3/b3-2+,5-4-,7-6-,9-8+,35-31-,40-25+. The molecule has 0 fully saturated rings. The van der Waals surface area contributed by atoms with Crippen LogP contribution in [0.1, 0.15) is 29.2 Å². The molecule has 0 radical (unpaired) electrons. The van der Waals surface area contributed by atoms with E-state index in [0.29, 0.717) is 0 Å². The molecular formula is C46H36S2. The third kappa shape index (κ3) is 5.36. The van der Waals surface area contributed by atoms with Crippen molar-refractivity contribution < 1.29 is 0 Å². The SMILES string of the molecule is C/C=C/C=C\C=C/C=C/C=C1\C(=C/c2cccc3c2sc2ccccc23)Cc2ccccc2SCC12c1ccccc1-c1ccccc12. The Morgan fingerprint density at radius 1 is 0.604 bits per heavy atom. The van der Waals surface area contributed by atoms with Gasteiger partial charge in [0.05, 0.1) is 5.41 Å². The normalized spacial score (nSPS) is 17.4. The first-order chi connectivity index (χ1) is 23.8. The fourth-order valence-corrected chi connectivity index (χ4v) is 9.96. The Morgan fingerprint density at radius 2 is 1.25 bits per heavy atom. The Labute approximate surface area is 291 Å². The second-order valence-electron chi connectivity index (χ2n) is 12.3. The van der Waals surface area contributed by atoms with Gasteiger partial charge in [0.15, 0.2) is 0 Å². The summed E-state index contributed by atoms with van der Waals surface area (Å²) < 4.78 is 2.68. The summed E-state index contributed by atoms with van der Waals surface area (Å²) in [6.07, 6.45) is 22.6. The topological polar surface area (TPSA) is 0 Å². The molecule has 48 heavy (non-hydrogen) atoms. The van der Waals surface area contributed by atoms with Crippen molar-refractivity contribution in [2.45, 2.75) is 23.7 Å². The van der Waals surface area contributed by atoms with Gasteiger partial charge in [0.2, 0.25) is 0 Å². The van der Waals surface area contributed by atoms with E-state index in [1.165, 1.54) is 69.6 Å². The first-order valence-corrected chi connectivity index (χ1v) is 18.4. The minimum absolute atomic E-state index is 0.314. The smallest absolute Gasteiger partial charge is 0.0560 e. The fraction of sp³-hybridized carbons (Fsp3) is 0.0870. The molecule has 2 heterocycles. The van der Waals surface area contributed by atoms with E-state index in [1.54, 1.807) is 0 Å². The van der Waals surface area contributed by atoms with Crippen molar-refractivity contribution in [1.82, 2.24) is 0 Å². The minimum atomic E-state index is -0.314. The lowest BCUT2D eigenvalue weighted by atomic mass is 9.69. The molecule has 0 saturated carbocycles. The Kier molecular flexibility index (Phi) is 8.44. The zero-order valence-corrected chi connectivity index (χ0v) is 28.6. The van der Waals surface area contributed by atoms with Gasteiger partial charge in [-0.1, -0.05) is 158 Å². The average molecular weight is 653 g/mol. The van der Waals surface area contributed by atoms with Gasteiger partial charge in [-0.3, -0.25) is 0 Å². The summed E-state index contributed by atoms with van der Waals surface area (Å²) in [7, 11) is 0. The van der Waals surface area contributed by atoms with Gasteiger partial charge in [0.1, 0.15) is 0 Å². The molecule has 232 valence electrons. The highest BCUT2D eigenvalue weighted by Crippen LogP contribution is 2.57. The van der Waals surface area contributed by atoms with Gasteiger partial charge in [0, 0.05) is 30.8 Å². The minimum Gasteiger partial charge on any atom is -0.135 e. The largest absolute Gasteiger partial charge is 0.135 e. The van der Waals surface area contributed by atoms with E-state index < -0.39 is 0 Å². The molecule has 0 saturated heterocycles. The molecule has 1 aromatic heterocycles. The molecule has 1 aliphatic heterocycles. The molecule has 0 bridgehead atoms. The zero-order chi connectivity index (χ0) is 32.3. The monoisotopic (exact) mass is 652 g/mol. The summed E-state index contributed by atoms with van der Waals surface area (Å²) in [6, 6.07) is 42.8. The Hall–Kier alpha value is -4.89. The molecule has 0 atom stereocenters. The van der Waals surface area contributed by atoms with Gasteiger partial charge >= 0.3 is 0 Å². The lowest BCUT2D eigenvalue weighted by Crippen LogP contribution is -2.33. The number of thioether (sulfide) groups is 1. The quantitative estimate of drug-likeness (QED) is 0.167. The highest BCUT2D eigenvalue weighted by molar-refractivity contribution is 7.99. The van der Waals surface area contributed by atoms with E-state index in [9.17, 15) is 0 Å². The number of fused-ring (bicyclic) bond motifs is 9. The van der Waals surface area contributed by atoms with E-state index in [0.717, 1.165) is 12.2 Å². The first kappa shape index (κ1) is 30.4. The van der Waals surface area contributed by atoms with Crippen LogP contribution in [-0.4, -0.2) is 5.75 Å². The van der Waals surface area contributed by atoms with Crippen LogP contribution in [0, 0.1) is 0 Å². The Balaban J connectivity index is 1.40. The third-order valence-corrected chi connectivity index (χ3v) is 12.1. The van der Waals surface area contributed by atoms with Crippen molar-refractivity contribution in [1.29, 1.82) is 0 Å². The lowest BCUT2D eigenvalue weighted by Gasteiger charge is -2.38. The van der Waals surface area contributed by atoms with Crippen molar-refractivity contribution in [2.24, 2.45) is 0 Å². The van der Waals surface area contributed by atoms with Crippen LogP contribution in [0.2, 0.25) is 0 Å². The van der Waals surface area contributed by atoms with Crippen molar-refractivity contribution in [3.8, 4) is 11.1 Å². The van der Waals surface area contributed by atoms with E-state index in [1.807, 2.05) is 42.2 Å². The Morgan fingerprint density at radius 3 is 2.04 bits per heavy atom. The molecule has 2 aliphatic rings. The van der Waals surface area contributed by atoms with Crippen LogP contribution in [-0.2, 0) is 11.8 Å². The van der Waals surface area contributed by atoms with Crippen molar-refractivity contribution in [3.63, 3.8) is 0 Å². The second-order valence-corrected chi connectivity index (χ2v) is 14.4. The van der Waals surface area contributed by atoms with Gasteiger partial charge in [-0.05, 0) is 76.1 Å². The molecule has 1 spiro atoms. The summed E-state index contributed by atoms with van der Waals surface area (Å²) in [5, 5.41) is 2.67. The van der Waals surface area contributed by atoms with Gasteiger partial charge in [0.25, 0.3) is 0 Å². The number of rotatable bonds is 5. The summed E-state index contributed by atoms with van der Waals surface area (Å²) >= 11 is 3.90. The fourth-order valence-electron chi connectivity index (χ4n) is 7.43. The van der Waals surface area contributed by atoms with E-state index in [-0.39, 0.29) is 5.41 Å². The van der Waals surface area contributed by atoms with Crippen LogP contribution < -0.4 is 0 Å². The average Bonchev–Trinajstić information content (AvgIpc) is 3.65. The van der Waals surface area contributed by atoms with Crippen LogP contribution in [0.15, 0.2) is 186 Å². The maximum atomic E-state index is 2.51. The Bertz CT molecular complexity index is 2290. The molecule has 2 heteroatoms. The van der Waals surface area contributed by atoms with Crippen molar-refractivity contribution >= 4 is 49.3 Å². The van der Waals surface area contributed by atoms with Crippen molar-refractivity contribution in [2.75, 3.05) is 5.75 Å². The van der Waals surface area contributed by atoms with Gasteiger partial charge in [-0.25, -0.2) is 0 Å². The van der Waals surface area contributed by atoms with Gasteiger partial charge in [-0.2, -0.15) is 0 Å². The van der Waals surface area contributed by atoms with E-state index >= 15 is 0 Å². The van der Waals surface area contributed by atoms with Crippen LogP contribution in [0.4, 0.5) is 0 Å². The molecular weight excluding hydrogens is 617 g/mol. The molecule has 5 aromatic carbocycles. The van der Waals surface area contributed by atoms with E-state index in [2.05, 4.69) is 164 Å². The second kappa shape index (κ2) is 13.3. The summed E-state index contributed by atoms with van der Waals surface area (Å²) in [5.41, 5.74) is 10.6. The predicted molar refractivity (Wildman–Crippen MR) is 211 cm³/mol. The maximum absolute atomic E-state index is 2.51. The van der Waals surface area contributed by atoms with Crippen LogP contribution in [0.3, 0.4) is 0 Å². The maximum Gasteiger partial charge on any atom is 0.0560 e. The summed E-state index contributed by atoms with van der Waals surface area (Å²) in [5.74, 6) is 0.921. The van der Waals surface area contributed by atoms with Gasteiger partial charge < -0.3 is 0 Å². The van der Waals surface area contributed by atoms with Crippen LogP contribution in [0.25, 0.3) is 37.4 Å². The van der Waals surface area contributed by atoms with Crippen molar-refractivity contribution in [3.05, 3.63) is 203 Å². The van der Waals surface area contributed by atoms with Gasteiger partial charge in [-0.15, -0.1) is 23.1 Å². The molecule has 6 aromatic rings. The lowest BCUT2D eigenvalue weighted by molar-refractivity contribution is 0.705. The third-order valence-electron chi connectivity index (χ3n) is 9.55. The first-order valence-electron chi connectivity index (χ1n) is 16.6. The zero-order valence-electron chi connectivity index (χ0n) is 27.0. The number of allylic oxidation sites excluding steroid dienone is 11. The van der Waals surface area contributed by atoms with Crippen LogP contribution >= 0.6 is 23.1 Å². The molecule has 1 aliphatic carbocycles. The molecule has 0 amide bonds. The number of benzene rings is 5. The summed E-state index contributed by atoms with van der Waals surface area (Å²) in [6.45, 7) is 2.04. The summed E-state index contributed by atoms with van der Waals surface area (Å²) in [4.78, 5) is 1.37. The highest BCUT2D eigenvalue weighted by Gasteiger charge is 2.47. The number of hydrogen-bond acceptors (Lipinski definition) is 2.